The summed E-state index contributed by atoms with van der Waals surface area (Å²) in [6.45, 7) is 2.15. The maximum absolute atomic E-state index is 3.42. The third-order valence-electron chi connectivity index (χ3n) is 2.97. The molecular formula is C15H13N. The van der Waals surface area contributed by atoms with Gasteiger partial charge in [-0.15, -0.1) is 0 Å². The first-order valence-corrected chi connectivity index (χ1v) is 5.48. The number of nitrogens with one attached hydrogen (secondary N) is 1. The Labute approximate surface area is 95.5 Å². The van der Waals surface area contributed by atoms with Crippen LogP contribution in [0.2, 0.25) is 0 Å². The van der Waals surface area contributed by atoms with Crippen LogP contribution in [0.4, 0.5) is 0 Å². The molecule has 0 aromatic heterocycles. The standard InChI is InChI=1S/C15H13N/c1-11-9-10-12-5-4-8-15(16-12)14-7-3-2-6-13(11)14/h2-10,16H,1H3. The molecule has 2 heterocycles. The Kier molecular flexibility index (Phi) is 2.03. The molecule has 1 heteroatoms. The van der Waals surface area contributed by atoms with Gasteiger partial charge in [-0.1, -0.05) is 36.4 Å². The van der Waals surface area contributed by atoms with Gasteiger partial charge in [0.25, 0.3) is 0 Å². The van der Waals surface area contributed by atoms with Crippen LogP contribution in [0, 0.1) is 0 Å². The number of rotatable bonds is 0. The molecule has 1 N–H and O–H groups in total. The molecule has 3 rings (SSSR count). The van der Waals surface area contributed by atoms with Crippen molar-refractivity contribution in [2.75, 3.05) is 0 Å². The highest BCUT2D eigenvalue weighted by molar-refractivity contribution is 5.82. The molecule has 2 bridgehead atoms. The highest BCUT2D eigenvalue weighted by atomic mass is 14.9. The zero-order valence-corrected chi connectivity index (χ0v) is 9.20. The SMILES string of the molecule is CC1=CC=C2C=CC=C(N2)c2ccccc21. The summed E-state index contributed by atoms with van der Waals surface area (Å²) in [5, 5.41) is 3.42. The maximum atomic E-state index is 3.42. The van der Waals surface area contributed by atoms with Crippen molar-refractivity contribution in [2.24, 2.45) is 0 Å². The third kappa shape index (κ3) is 1.41. The first kappa shape index (κ1) is 9.22. The number of hydrogen-bond donors (Lipinski definition) is 1. The van der Waals surface area contributed by atoms with Crippen LogP contribution in [0.1, 0.15) is 18.1 Å². The molecule has 0 spiro atoms. The van der Waals surface area contributed by atoms with E-state index in [9.17, 15) is 0 Å². The van der Waals surface area contributed by atoms with Crippen molar-refractivity contribution in [2.45, 2.75) is 6.92 Å². The Morgan fingerprint density at radius 2 is 1.75 bits per heavy atom. The summed E-state index contributed by atoms with van der Waals surface area (Å²) in [5.41, 5.74) is 6.19. The molecule has 0 atom stereocenters. The maximum Gasteiger partial charge on any atom is 0.0464 e. The van der Waals surface area contributed by atoms with Crippen molar-refractivity contribution >= 4 is 11.3 Å². The Bertz CT molecular complexity index is 557. The monoisotopic (exact) mass is 207 g/mol. The molecule has 16 heavy (non-hydrogen) atoms. The van der Waals surface area contributed by atoms with Gasteiger partial charge in [0.2, 0.25) is 0 Å². The van der Waals surface area contributed by atoms with Crippen LogP contribution >= 0.6 is 0 Å². The predicted octanol–water partition coefficient (Wildman–Crippen LogP) is 3.49. The lowest BCUT2D eigenvalue weighted by atomic mass is 9.95. The van der Waals surface area contributed by atoms with Gasteiger partial charge in [-0.05, 0) is 36.3 Å². The van der Waals surface area contributed by atoms with Gasteiger partial charge in [-0.2, -0.15) is 0 Å². The molecule has 1 aromatic rings. The second kappa shape index (κ2) is 3.53. The van der Waals surface area contributed by atoms with E-state index in [0.29, 0.717) is 0 Å². The Morgan fingerprint density at radius 1 is 0.938 bits per heavy atom. The van der Waals surface area contributed by atoms with Crippen LogP contribution in [0.15, 0.2) is 60.3 Å². The second-order valence-electron chi connectivity index (χ2n) is 4.08. The van der Waals surface area contributed by atoms with Gasteiger partial charge in [-0.25, -0.2) is 0 Å². The molecule has 1 aromatic carbocycles. The smallest absolute Gasteiger partial charge is 0.0464 e. The first-order valence-electron chi connectivity index (χ1n) is 5.48. The summed E-state index contributed by atoms with van der Waals surface area (Å²) < 4.78 is 0. The van der Waals surface area contributed by atoms with Crippen LogP contribution in [-0.4, -0.2) is 0 Å². The third-order valence-corrected chi connectivity index (χ3v) is 2.97. The zero-order chi connectivity index (χ0) is 11.0. The summed E-state index contributed by atoms with van der Waals surface area (Å²) in [6.07, 6.45) is 10.6. The average molecular weight is 207 g/mol. The van der Waals surface area contributed by atoms with Gasteiger partial charge in [0.05, 0.1) is 0 Å². The summed E-state index contributed by atoms with van der Waals surface area (Å²) in [4.78, 5) is 0. The zero-order valence-electron chi connectivity index (χ0n) is 9.20. The van der Waals surface area contributed by atoms with Crippen LogP contribution in [0.25, 0.3) is 11.3 Å². The highest BCUT2D eigenvalue weighted by Crippen LogP contribution is 2.28. The molecule has 0 radical (unpaired) electrons. The van der Waals surface area contributed by atoms with Crippen LogP contribution in [0.5, 0.6) is 0 Å². The Hall–Kier alpha value is -2.02. The summed E-state index contributed by atoms with van der Waals surface area (Å²) in [7, 11) is 0. The van der Waals surface area contributed by atoms with E-state index in [1.807, 2.05) is 0 Å². The quantitative estimate of drug-likeness (QED) is 0.686. The average Bonchev–Trinajstić information content (AvgIpc) is 2.35. The van der Waals surface area contributed by atoms with E-state index in [4.69, 9.17) is 0 Å². The first-order chi connectivity index (χ1) is 7.84. The topological polar surface area (TPSA) is 12.0 Å². The number of allylic oxidation sites excluding steroid dienone is 6. The Morgan fingerprint density at radius 3 is 2.62 bits per heavy atom. The lowest BCUT2D eigenvalue weighted by molar-refractivity contribution is 1.11. The minimum atomic E-state index is 1.14. The van der Waals surface area contributed by atoms with Gasteiger partial charge in [0, 0.05) is 17.0 Å². The van der Waals surface area contributed by atoms with Crippen LogP contribution in [0.3, 0.4) is 0 Å². The highest BCUT2D eigenvalue weighted by Gasteiger charge is 2.12. The normalized spacial score (nSPS) is 17.2. The summed E-state index contributed by atoms with van der Waals surface area (Å²) in [6, 6.07) is 8.49. The fraction of sp³-hybridized carbons (Fsp3) is 0.0667. The fourth-order valence-corrected chi connectivity index (χ4v) is 2.11. The van der Waals surface area contributed by atoms with Crippen molar-refractivity contribution in [3.8, 4) is 0 Å². The molecule has 0 aliphatic carbocycles. The van der Waals surface area contributed by atoms with Crippen molar-refractivity contribution in [1.29, 1.82) is 0 Å². The molecule has 0 saturated carbocycles. The Balaban J connectivity index is 2.30. The van der Waals surface area contributed by atoms with Gasteiger partial charge in [-0.3, -0.25) is 0 Å². The van der Waals surface area contributed by atoms with Crippen LogP contribution < -0.4 is 5.32 Å². The fourth-order valence-electron chi connectivity index (χ4n) is 2.11. The molecule has 0 amide bonds. The number of hydrogen-bond acceptors (Lipinski definition) is 1. The molecule has 2 aliphatic heterocycles. The number of dihydropyridines is 1. The minimum Gasteiger partial charge on any atom is -0.355 e. The van der Waals surface area contributed by atoms with Crippen molar-refractivity contribution in [3.63, 3.8) is 0 Å². The van der Waals surface area contributed by atoms with Gasteiger partial charge in [0.15, 0.2) is 0 Å². The van der Waals surface area contributed by atoms with E-state index in [-0.39, 0.29) is 0 Å². The number of fused-ring (bicyclic) bond motifs is 4. The second-order valence-corrected chi connectivity index (χ2v) is 4.08. The van der Waals surface area contributed by atoms with E-state index in [0.717, 1.165) is 5.70 Å². The minimum absolute atomic E-state index is 1.14. The lowest BCUT2D eigenvalue weighted by Crippen LogP contribution is -2.14. The van der Waals surface area contributed by atoms with Gasteiger partial charge >= 0.3 is 0 Å². The molecular weight excluding hydrogens is 194 g/mol. The molecule has 1 nitrogen and oxygen atoms in total. The predicted molar refractivity (Wildman–Crippen MR) is 68.4 cm³/mol. The van der Waals surface area contributed by atoms with Crippen molar-refractivity contribution < 1.29 is 0 Å². The van der Waals surface area contributed by atoms with E-state index in [2.05, 4.69) is 66.9 Å². The van der Waals surface area contributed by atoms with E-state index < -0.39 is 0 Å². The molecule has 0 saturated heterocycles. The van der Waals surface area contributed by atoms with Crippen molar-refractivity contribution in [1.82, 2.24) is 5.32 Å². The summed E-state index contributed by atoms with van der Waals surface area (Å²) >= 11 is 0. The van der Waals surface area contributed by atoms with Gasteiger partial charge in [0.1, 0.15) is 0 Å². The largest absolute Gasteiger partial charge is 0.355 e. The van der Waals surface area contributed by atoms with Crippen LogP contribution in [-0.2, 0) is 0 Å². The molecule has 2 aliphatic rings. The molecule has 0 unspecified atom stereocenters. The van der Waals surface area contributed by atoms with Gasteiger partial charge < -0.3 is 5.32 Å². The summed E-state index contributed by atoms with van der Waals surface area (Å²) in [5.74, 6) is 0. The molecule has 78 valence electrons. The van der Waals surface area contributed by atoms with Crippen molar-refractivity contribution in [3.05, 3.63) is 71.5 Å². The lowest BCUT2D eigenvalue weighted by Gasteiger charge is -2.20. The van der Waals surface area contributed by atoms with E-state index in [1.165, 1.54) is 22.4 Å². The van der Waals surface area contributed by atoms with E-state index >= 15 is 0 Å². The van der Waals surface area contributed by atoms with E-state index in [1.54, 1.807) is 0 Å². The molecule has 0 fully saturated rings. The number of benzene rings is 1.